The van der Waals surface area contributed by atoms with Crippen molar-refractivity contribution >= 4 is 12.1 Å². The summed E-state index contributed by atoms with van der Waals surface area (Å²) in [5, 5.41) is 20.1. The van der Waals surface area contributed by atoms with Crippen LogP contribution in [0.5, 0.6) is 0 Å². The van der Waals surface area contributed by atoms with Gasteiger partial charge in [-0.25, -0.2) is 9.59 Å². The number of ether oxygens (including phenoxy) is 1. The van der Waals surface area contributed by atoms with Crippen LogP contribution in [0.25, 0.3) is 22.4 Å². The third-order valence-corrected chi connectivity index (χ3v) is 6.20. The highest BCUT2D eigenvalue weighted by Gasteiger charge is 2.29. The van der Waals surface area contributed by atoms with Gasteiger partial charge in [-0.2, -0.15) is 10.2 Å². The second-order valence-electron chi connectivity index (χ2n) is 8.37. The van der Waals surface area contributed by atoms with Crippen molar-refractivity contribution in [1.29, 1.82) is 0 Å². The average molecular weight is 466 g/mol. The Morgan fingerprint density at radius 2 is 1.54 bits per heavy atom. The number of carbonyl (C=O) groups is 2. The highest BCUT2D eigenvalue weighted by atomic mass is 16.5. The minimum atomic E-state index is -1.13. The number of aliphatic carboxylic acids is 1. The first-order valence-electron chi connectivity index (χ1n) is 11.3. The lowest BCUT2D eigenvalue weighted by atomic mass is 9.98. The van der Waals surface area contributed by atoms with Crippen molar-refractivity contribution in [2.24, 2.45) is 0 Å². The molecular weight excluding hydrogens is 442 g/mol. The number of benzene rings is 3. The molecule has 174 valence electrons. The van der Waals surface area contributed by atoms with Crippen LogP contribution in [0.15, 0.2) is 91.1 Å². The number of fused-ring (bicyclic) bond motifs is 3. The Bertz CT molecular complexity index is 1310. The van der Waals surface area contributed by atoms with Crippen molar-refractivity contribution in [3.05, 3.63) is 108 Å². The number of rotatable bonds is 7. The van der Waals surface area contributed by atoms with E-state index in [4.69, 9.17) is 4.74 Å². The third-order valence-electron chi connectivity index (χ3n) is 6.20. The first kappa shape index (κ1) is 22.3. The Morgan fingerprint density at radius 1 is 0.886 bits per heavy atom. The van der Waals surface area contributed by atoms with Crippen LogP contribution in [0, 0.1) is 0 Å². The second-order valence-corrected chi connectivity index (χ2v) is 8.37. The van der Waals surface area contributed by atoms with Gasteiger partial charge in [0, 0.05) is 24.1 Å². The molecule has 0 bridgehead atoms. The Morgan fingerprint density at radius 3 is 2.14 bits per heavy atom. The predicted molar refractivity (Wildman–Crippen MR) is 131 cm³/mol. The molecule has 1 aliphatic rings. The summed E-state index contributed by atoms with van der Waals surface area (Å²) in [6, 6.07) is 26.0. The lowest BCUT2D eigenvalue weighted by Crippen LogP contribution is -2.42. The molecular formula is C28H23N3O4. The normalized spacial score (nSPS) is 12.9. The molecule has 0 saturated carbocycles. The zero-order valence-electron chi connectivity index (χ0n) is 18.8. The zero-order valence-corrected chi connectivity index (χ0v) is 18.8. The maximum atomic E-state index is 12.6. The first-order valence-corrected chi connectivity index (χ1v) is 11.3. The van der Waals surface area contributed by atoms with Gasteiger partial charge in [-0.05, 0) is 39.9 Å². The molecule has 7 nitrogen and oxygen atoms in total. The van der Waals surface area contributed by atoms with E-state index >= 15 is 0 Å². The summed E-state index contributed by atoms with van der Waals surface area (Å²) in [5.41, 5.74) is 6.82. The number of aromatic nitrogens is 2. The maximum absolute atomic E-state index is 12.6. The van der Waals surface area contributed by atoms with Crippen LogP contribution in [-0.2, 0) is 16.0 Å². The molecule has 3 aromatic carbocycles. The molecule has 0 aliphatic heterocycles. The molecule has 0 saturated heterocycles. The Kier molecular flexibility index (Phi) is 6.22. The molecule has 1 aromatic heterocycles. The fourth-order valence-electron chi connectivity index (χ4n) is 4.49. The molecule has 2 N–H and O–H groups in total. The standard InChI is InChI=1S/C28H23N3O4/c32-27(33)26(16-18-11-13-19(14-12-18)25-10-5-15-29-31-25)30-28(34)35-17-24-22-8-3-1-6-20(22)21-7-2-4-9-23(21)24/h1-15,24,26H,16-17H2,(H,30,34)(H,32,33)/t26-/m0/s1. The molecule has 1 aliphatic carbocycles. The minimum Gasteiger partial charge on any atom is -0.480 e. The van der Waals surface area contributed by atoms with E-state index in [0.29, 0.717) is 0 Å². The van der Waals surface area contributed by atoms with E-state index in [9.17, 15) is 14.7 Å². The van der Waals surface area contributed by atoms with Crippen LogP contribution >= 0.6 is 0 Å². The molecule has 0 fully saturated rings. The van der Waals surface area contributed by atoms with Gasteiger partial charge in [0.05, 0.1) is 5.69 Å². The van der Waals surface area contributed by atoms with E-state index < -0.39 is 18.1 Å². The maximum Gasteiger partial charge on any atom is 0.407 e. The smallest absolute Gasteiger partial charge is 0.407 e. The van der Waals surface area contributed by atoms with Gasteiger partial charge in [-0.1, -0.05) is 72.8 Å². The van der Waals surface area contributed by atoms with E-state index in [1.54, 1.807) is 12.3 Å². The molecule has 4 aromatic rings. The monoisotopic (exact) mass is 465 g/mol. The van der Waals surface area contributed by atoms with E-state index in [0.717, 1.165) is 39.1 Å². The Hall–Kier alpha value is -4.52. The average Bonchev–Trinajstić information content (AvgIpc) is 3.21. The summed E-state index contributed by atoms with van der Waals surface area (Å²) in [6.45, 7) is 0.124. The first-order chi connectivity index (χ1) is 17.1. The van der Waals surface area contributed by atoms with Crippen LogP contribution in [0.4, 0.5) is 4.79 Å². The van der Waals surface area contributed by atoms with Gasteiger partial charge in [0.15, 0.2) is 0 Å². The summed E-state index contributed by atoms with van der Waals surface area (Å²) in [7, 11) is 0. The van der Waals surface area contributed by atoms with Crippen LogP contribution < -0.4 is 5.32 Å². The number of nitrogens with zero attached hydrogens (tertiary/aromatic N) is 2. The van der Waals surface area contributed by atoms with Gasteiger partial charge in [-0.3, -0.25) is 0 Å². The molecule has 1 atom stereocenters. The van der Waals surface area contributed by atoms with Crippen LogP contribution in [0.2, 0.25) is 0 Å². The van der Waals surface area contributed by atoms with Gasteiger partial charge in [0.1, 0.15) is 12.6 Å². The van der Waals surface area contributed by atoms with Crippen molar-refractivity contribution in [2.75, 3.05) is 6.61 Å². The van der Waals surface area contributed by atoms with Gasteiger partial charge >= 0.3 is 12.1 Å². The van der Waals surface area contributed by atoms with E-state index in [2.05, 4.69) is 27.6 Å². The van der Waals surface area contributed by atoms with Crippen LogP contribution in [-0.4, -0.2) is 40.0 Å². The molecule has 1 amide bonds. The van der Waals surface area contributed by atoms with Crippen molar-refractivity contribution in [1.82, 2.24) is 15.5 Å². The summed E-state index contributed by atoms with van der Waals surface area (Å²) in [4.78, 5) is 24.4. The van der Waals surface area contributed by atoms with Crippen molar-refractivity contribution in [3.63, 3.8) is 0 Å². The number of carbonyl (C=O) groups excluding carboxylic acids is 1. The SMILES string of the molecule is O=C(N[C@@H](Cc1ccc(-c2cccnn2)cc1)C(=O)O)OCC1c2ccccc2-c2ccccc21. The molecule has 35 heavy (non-hydrogen) atoms. The van der Waals surface area contributed by atoms with Crippen LogP contribution in [0.1, 0.15) is 22.6 Å². The lowest BCUT2D eigenvalue weighted by Gasteiger charge is -2.17. The topological polar surface area (TPSA) is 101 Å². The summed E-state index contributed by atoms with van der Waals surface area (Å²) in [6.07, 6.45) is 0.973. The van der Waals surface area contributed by atoms with E-state index in [1.165, 1.54) is 0 Å². The number of carboxylic acids is 1. The number of nitrogens with one attached hydrogen (secondary N) is 1. The summed E-state index contributed by atoms with van der Waals surface area (Å²) in [5.74, 6) is -1.22. The number of hydrogen-bond acceptors (Lipinski definition) is 5. The van der Waals surface area contributed by atoms with Gasteiger partial charge in [0.25, 0.3) is 0 Å². The molecule has 0 unspecified atom stereocenters. The van der Waals surface area contributed by atoms with Gasteiger partial charge in [0.2, 0.25) is 0 Å². The zero-order chi connectivity index (χ0) is 24.2. The summed E-state index contributed by atoms with van der Waals surface area (Å²) >= 11 is 0. The number of hydrogen-bond donors (Lipinski definition) is 2. The van der Waals surface area contributed by atoms with E-state index in [1.807, 2.05) is 66.7 Å². The number of amides is 1. The van der Waals surface area contributed by atoms with Gasteiger partial charge in [-0.15, -0.1) is 0 Å². The number of alkyl carbamates (subject to hydrolysis) is 1. The van der Waals surface area contributed by atoms with Gasteiger partial charge < -0.3 is 15.2 Å². The highest BCUT2D eigenvalue weighted by molar-refractivity contribution is 5.81. The molecule has 0 spiro atoms. The molecule has 0 radical (unpaired) electrons. The van der Waals surface area contributed by atoms with Crippen molar-refractivity contribution in [2.45, 2.75) is 18.4 Å². The van der Waals surface area contributed by atoms with Crippen molar-refractivity contribution in [3.8, 4) is 22.4 Å². The molecule has 5 rings (SSSR count). The minimum absolute atomic E-state index is 0.0925. The quantitative estimate of drug-likeness (QED) is 0.411. The molecule has 7 heteroatoms. The van der Waals surface area contributed by atoms with Crippen molar-refractivity contribution < 1.29 is 19.4 Å². The Labute approximate surface area is 202 Å². The fourth-order valence-corrected chi connectivity index (χ4v) is 4.49. The fraction of sp³-hybridized carbons (Fsp3) is 0.143. The Balaban J connectivity index is 1.23. The predicted octanol–water partition coefficient (Wildman–Crippen LogP) is 4.68. The third kappa shape index (κ3) is 4.75. The summed E-state index contributed by atoms with van der Waals surface area (Å²) < 4.78 is 5.51. The lowest BCUT2D eigenvalue weighted by molar-refractivity contribution is -0.139. The largest absolute Gasteiger partial charge is 0.480 e. The molecule has 1 heterocycles. The van der Waals surface area contributed by atoms with Crippen LogP contribution in [0.3, 0.4) is 0 Å². The number of carboxylic acid groups (broad SMARTS) is 1. The second kappa shape index (κ2) is 9.77. The highest BCUT2D eigenvalue weighted by Crippen LogP contribution is 2.44. The van der Waals surface area contributed by atoms with E-state index in [-0.39, 0.29) is 18.9 Å².